The van der Waals surface area contributed by atoms with Gasteiger partial charge in [0.15, 0.2) is 0 Å². The van der Waals surface area contributed by atoms with Gasteiger partial charge >= 0.3 is 6.09 Å². The van der Waals surface area contributed by atoms with Crippen molar-refractivity contribution >= 4 is 12.0 Å². The van der Waals surface area contributed by atoms with E-state index in [1.54, 1.807) is 14.2 Å². The molecule has 274 valence electrons. The average Bonchev–Trinajstić information content (AvgIpc) is 3.53. The van der Waals surface area contributed by atoms with Gasteiger partial charge in [0.25, 0.3) is 0 Å². The molecule has 0 saturated heterocycles. The largest absolute Gasteiger partial charge is 0.497 e. The van der Waals surface area contributed by atoms with Gasteiger partial charge in [-0.15, -0.1) is 0 Å². The van der Waals surface area contributed by atoms with Crippen LogP contribution in [0.25, 0.3) is 11.1 Å². The summed E-state index contributed by atoms with van der Waals surface area (Å²) in [7, 11) is 3.23. The monoisotopic (exact) mass is 714 g/mol. The Morgan fingerprint density at radius 2 is 1.21 bits per heavy atom. The number of unbranched alkanes of at least 4 members (excludes halogenated alkanes) is 2. The second-order valence-corrected chi connectivity index (χ2v) is 12.9. The summed E-state index contributed by atoms with van der Waals surface area (Å²) in [5.74, 6) is 0.814. The molecular weight excluding hydrogens is 668 g/mol. The SMILES string of the molecule is COc1ccc(C(OCC(NC(=O)OCC2c3ccccc3-c3ccccc32)C(=O)NCCCCCO)(c2ccccc2)c2ccc(OC)cc2)cc1. The molecule has 1 aliphatic rings. The molecule has 2 amide bonds. The molecule has 53 heavy (non-hydrogen) atoms. The van der Waals surface area contributed by atoms with Gasteiger partial charge in [0.05, 0.1) is 20.8 Å². The molecule has 0 fully saturated rings. The molecule has 5 aromatic carbocycles. The van der Waals surface area contributed by atoms with E-state index in [2.05, 4.69) is 34.9 Å². The van der Waals surface area contributed by atoms with Crippen molar-refractivity contribution in [2.45, 2.75) is 36.8 Å². The van der Waals surface area contributed by atoms with Gasteiger partial charge in [0, 0.05) is 19.1 Å². The molecule has 0 aliphatic heterocycles. The van der Waals surface area contributed by atoms with Gasteiger partial charge in [-0.1, -0.05) is 103 Å². The van der Waals surface area contributed by atoms with Crippen LogP contribution in [-0.4, -0.2) is 63.7 Å². The molecule has 9 nitrogen and oxygen atoms in total. The molecule has 3 N–H and O–H groups in total. The first-order valence-electron chi connectivity index (χ1n) is 18.0. The van der Waals surface area contributed by atoms with Crippen molar-refractivity contribution in [2.75, 3.05) is 40.6 Å². The lowest BCUT2D eigenvalue weighted by molar-refractivity contribution is -0.126. The van der Waals surface area contributed by atoms with E-state index in [0.717, 1.165) is 45.4 Å². The van der Waals surface area contributed by atoms with E-state index in [1.807, 2.05) is 103 Å². The number of amides is 2. The second kappa shape index (κ2) is 17.7. The van der Waals surface area contributed by atoms with Crippen LogP contribution in [-0.2, 0) is 19.9 Å². The summed E-state index contributed by atoms with van der Waals surface area (Å²) in [5, 5.41) is 15.0. The molecule has 1 atom stereocenters. The number of nitrogens with one attached hydrogen (secondary N) is 2. The van der Waals surface area contributed by atoms with E-state index in [-0.39, 0.29) is 25.7 Å². The minimum atomic E-state index is -1.21. The molecule has 0 heterocycles. The van der Waals surface area contributed by atoms with E-state index in [0.29, 0.717) is 30.9 Å². The summed E-state index contributed by atoms with van der Waals surface area (Å²) >= 11 is 0. The Kier molecular flexibility index (Phi) is 12.4. The standard InChI is InChI=1S/C44H46N2O7/c1-50-34-23-19-32(20-24-34)44(31-13-5-3-6-14-31,33-21-25-35(51-2)26-22-33)53-30-41(42(48)45-27-11-4-12-28-47)46-43(49)52-29-40-38-17-9-7-15-36(38)37-16-8-10-18-39(37)40/h3,5-10,13-26,40-41,47H,4,11-12,27-30H2,1-2H3,(H,45,48)(H,46,49). The lowest BCUT2D eigenvalue weighted by Gasteiger charge is -2.37. The number of carbonyl (C=O) groups is 2. The first-order chi connectivity index (χ1) is 26.0. The highest BCUT2D eigenvalue weighted by molar-refractivity contribution is 5.86. The lowest BCUT2D eigenvalue weighted by Crippen LogP contribution is -2.51. The maximum atomic E-state index is 13.8. The van der Waals surface area contributed by atoms with E-state index < -0.39 is 23.6 Å². The lowest BCUT2D eigenvalue weighted by atomic mass is 9.80. The van der Waals surface area contributed by atoms with Gasteiger partial charge < -0.3 is 34.7 Å². The van der Waals surface area contributed by atoms with Gasteiger partial charge in [-0.05, 0) is 82.5 Å². The van der Waals surface area contributed by atoms with E-state index in [1.165, 1.54) is 0 Å². The van der Waals surface area contributed by atoms with Crippen LogP contribution in [0, 0.1) is 0 Å². The first-order valence-corrected chi connectivity index (χ1v) is 18.0. The third-order valence-electron chi connectivity index (χ3n) is 9.73. The molecule has 0 saturated carbocycles. The Morgan fingerprint density at radius 3 is 1.75 bits per heavy atom. The van der Waals surface area contributed by atoms with Gasteiger partial charge in [0.2, 0.25) is 5.91 Å². The van der Waals surface area contributed by atoms with Crippen molar-refractivity contribution in [3.05, 3.63) is 155 Å². The number of alkyl carbamates (subject to hydrolysis) is 1. The number of carbonyl (C=O) groups excluding carboxylic acids is 2. The Bertz CT molecular complexity index is 1850. The Morgan fingerprint density at radius 1 is 0.679 bits per heavy atom. The fraction of sp³-hybridized carbons (Fsp3) is 0.273. The van der Waals surface area contributed by atoms with Crippen LogP contribution in [0.3, 0.4) is 0 Å². The minimum absolute atomic E-state index is 0.0893. The number of benzene rings is 5. The highest BCUT2D eigenvalue weighted by atomic mass is 16.6. The summed E-state index contributed by atoms with van der Waals surface area (Å²) < 4.78 is 23.8. The molecule has 0 radical (unpaired) electrons. The van der Waals surface area contributed by atoms with Crippen LogP contribution in [0.2, 0.25) is 0 Å². The van der Waals surface area contributed by atoms with Crippen LogP contribution in [0.1, 0.15) is 53.0 Å². The Hall–Kier alpha value is -5.64. The van der Waals surface area contributed by atoms with Gasteiger partial charge in [-0.25, -0.2) is 4.79 Å². The zero-order valence-corrected chi connectivity index (χ0v) is 30.1. The van der Waals surface area contributed by atoms with Crippen LogP contribution in [0.15, 0.2) is 127 Å². The predicted octanol–water partition coefficient (Wildman–Crippen LogP) is 7.20. The van der Waals surface area contributed by atoms with Gasteiger partial charge in [0.1, 0.15) is 29.7 Å². The zero-order valence-electron chi connectivity index (χ0n) is 30.1. The van der Waals surface area contributed by atoms with Crippen molar-refractivity contribution < 1.29 is 33.6 Å². The van der Waals surface area contributed by atoms with Crippen molar-refractivity contribution in [3.8, 4) is 22.6 Å². The van der Waals surface area contributed by atoms with Crippen molar-refractivity contribution in [1.82, 2.24) is 10.6 Å². The van der Waals surface area contributed by atoms with E-state index in [4.69, 9.17) is 18.9 Å². The summed E-state index contributed by atoms with van der Waals surface area (Å²) in [4.78, 5) is 27.5. The summed E-state index contributed by atoms with van der Waals surface area (Å²) in [5.41, 5.74) is 5.62. The van der Waals surface area contributed by atoms with Crippen molar-refractivity contribution in [2.24, 2.45) is 0 Å². The van der Waals surface area contributed by atoms with E-state index in [9.17, 15) is 14.7 Å². The fourth-order valence-electron chi connectivity index (χ4n) is 7.00. The smallest absolute Gasteiger partial charge is 0.407 e. The van der Waals surface area contributed by atoms with Crippen molar-refractivity contribution in [3.63, 3.8) is 0 Å². The maximum absolute atomic E-state index is 13.8. The Labute approximate surface area is 310 Å². The number of hydrogen-bond donors (Lipinski definition) is 3. The fourth-order valence-corrected chi connectivity index (χ4v) is 7.00. The van der Waals surface area contributed by atoms with Crippen molar-refractivity contribution in [1.29, 1.82) is 0 Å². The number of fused-ring (bicyclic) bond motifs is 3. The summed E-state index contributed by atoms with van der Waals surface area (Å²) in [6, 6.07) is 40.1. The van der Waals surface area contributed by atoms with Crippen LogP contribution in [0.4, 0.5) is 4.79 Å². The number of hydrogen-bond acceptors (Lipinski definition) is 7. The highest BCUT2D eigenvalue weighted by Crippen LogP contribution is 2.45. The normalized spacial score (nSPS) is 12.7. The summed E-state index contributed by atoms with van der Waals surface area (Å²) in [6.45, 7) is 0.371. The molecule has 5 aromatic rings. The Balaban J connectivity index is 1.29. The predicted molar refractivity (Wildman–Crippen MR) is 204 cm³/mol. The minimum Gasteiger partial charge on any atom is -0.497 e. The molecule has 1 unspecified atom stereocenters. The number of rotatable bonds is 17. The quantitative estimate of drug-likeness (QED) is 0.0690. The number of ether oxygens (including phenoxy) is 4. The third-order valence-corrected chi connectivity index (χ3v) is 9.73. The first kappa shape index (κ1) is 37.1. The van der Waals surface area contributed by atoms with Crippen LogP contribution < -0.4 is 20.1 Å². The second-order valence-electron chi connectivity index (χ2n) is 12.9. The van der Waals surface area contributed by atoms with Crippen LogP contribution in [0.5, 0.6) is 11.5 Å². The topological polar surface area (TPSA) is 115 Å². The van der Waals surface area contributed by atoms with E-state index >= 15 is 0 Å². The number of aliphatic hydroxyl groups is 1. The van der Waals surface area contributed by atoms with Crippen LogP contribution >= 0.6 is 0 Å². The molecule has 6 rings (SSSR count). The molecule has 0 aromatic heterocycles. The number of aliphatic hydroxyl groups excluding tert-OH is 1. The molecular formula is C44H46N2O7. The third kappa shape index (κ3) is 8.38. The number of methoxy groups -OCH3 is 2. The maximum Gasteiger partial charge on any atom is 0.407 e. The molecule has 9 heteroatoms. The summed E-state index contributed by atoms with van der Waals surface area (Å²) in [6.07, 6.45) is 1.35. The van der Waals surface area contributed by atoms with Gasteiger partial charge in [-0.3, -0.25) is 4.79 Å². The van der Waals surface area contributed by atoms with Gasteiger partial charge in [-0.2, -0.15) is 0 Å². The zero-order chi connectivity index (χ0) is 37.0. The molecule has 0 bridgehead atoms. The highest BCUT2D eigenvalue weighted by Gasteiger charge is 2.40. The average molecular weight is 715 g/mol. The molecule has 0 spiro atoms. The molecule has 1 aliphatic carbocycles.